The molecule has 0 radical (unpaired) electrons. The lowest BCUT2D eigenvalue weighted by Crippen LogP contribution is -2.41. The van der Waals surface area contributed by atoms with E-state index in [0.29, 0.717) is 56.3 Å². The third kappa shape index (κ3) is 5.16. The molecule has 1 amide bonds. The molecule has 0 atom stereocenters. The summed E-state index contributed by atoms with van der Waals surface area (Å²) in [5, 5.41) is 7.40. The van der Waals surface area contributed by atoms with Gasteiger partial charge in [0.1, 0.15) is 4.90 Å². The fourth-order valence-electron chi connectivity index (χ4n) is 3.94. The molecule has 33 heavy (non-hydrogen) atoms. The molecule has 3 aromatic rings. The van der Waals surface area contributed by atoms with Crippen molar-refractivity contribution in [3.63, 3.8) is 0 Å². The number of aromatic nitrogens is 2. The number of benzene rings is 2. The fourth-order valence-corrected chi connectivity index (χ4v) is 5.72. The SMILES string of the molecule is Cc1nn(Cc2ccc(C(=O)NCc3ccccc3)cc2)c(C)c1S(=O)(=O)N1CCOCC1. The highest BCUT2D eigenvalue weighted by Crippen LogP contribution is 2.25. The minimum Gasteiger partial charge on any atom is -0.379 e. The second-order valence-corrected chi connectivity index (χ2v) is 9.91. The van der Waals surface area contributed by atoms with Crippen LogP contribution in [-0.4, -0.2) is 54.7 Å². The molecule has 0 aliphatic carbocycles. The van der Waals surface area contributed by atoms with Crippen LogP contribution in [-0.2, 0) is 27.8 Å². The van der Waals surface area contributed by atoms with Crippen LogP contribution in [0.4, 0.5) is 0 Å². The van der Waals surface area contributed by atoms with E-state index in [1.54, 1.807) is 30.7 Å². The Bertz CT molecular complexity index is 1220. The van der Waals surface area contributed by atoms with E-state index in [0.717, 1.165) is 11.1 Å². The van der Waals surface area contributed by atoms with Gasteiger partial charge in [-0.1, -0.05) is 42.5 Å². The van der Waals surface area contributed by atoms with Crippen molar-refractivity contribution in [1.82, 2.24) is 19.4 Å². The summed E-state index contributed by atoms with van der Waals surface area (Å²) in [7, 11) is -3.62. The van der Waals surface area contributed by atoms with E-state index in [4.69, 9.17) is 4.74 Å². The number of ether oxygens (including phenoxy) is 1. The summed E-state index contributed by atoms with van der Waals surface area (Å²) in [5.74, 6) is -0.143. The van der Waals surface area contributed by atoms with Crippen molar-refractivity contribution in [2.75, 3.05) is 26.3 Å². The smallest absolute Gasteiger partial charge is 0.251 e. The third-order valence-corrected chi connectivity index (χ3v) is 7.88. The number of hydrogen-bond acceptors (Lipinski definition) is 5. The Morgan fingerprint density at radius 2 is 1.67 bits per heavy atom. The molecule has 0 unspecified atom stereocenters. The number of nitrogens with zero attached hydrogens (tertiary/aromatic N) is 3. The molecule has 0 bridgehead atoms. The van der Waals surface area contributed by atoms with E-state index in [1.807, 2.05) is 42.5 Å². The molecule has 1 fully saturated rings. The van der Waals surface area contributed by atoms with E-state index >= 15 is 0 Å². The molecule has 2 heterocycles. The maximum Gasteiger partial charge on any atom is 0.251 e. The minimum absolute atomic E-state index is 0.143. The fraction of sp³-hybridized carbons (Fsp3) is 0.333. The van der Waals surface area contributed by atoms with Crippen LogP contribution in [0.15, 0.2) is 59.5 Å². The summed E-state index contributed by atoms with van der Waals surface area (Å²) in [5.41, 5.74) is 3.61. The number of carbonyl (C=O) groups is 1. The minimum atomic E-state index is -3.62. The highest BCUT2D eigenvalue weighted by Gasteiger charge is 2.32. The molecule has 1 aliphatic heterocycles. The molecule has 2 aromatic carbocycles. The Hall–Kier alpha value is -3.01. The molecule has 174 valence electrons. The molecule has 0 spiro atoms. The number of morpholine rings is 1. The lowest BCUT2D eigenvalue weighted by molar-refractivity contribution is 0.0730. The first kappa shape index (κ1) is 23.2. The average Bonchev–Trinajstić information content (AvgIpc) is 3.12. The van der Waals surface area contributed by atoms with E-state index < -0.39 is 10.0 Å². The van der Waals surface area contributed by atoms with Crippen LogP contribution in [0.25, 0.3) is 0 Å². The molecule has 1 aliphatic rings. The zero-order valence-corrected chi connectivity index (χ0v) is 19.6. The Morgan fingerprint density at radius 1 is 1.00 bits per heavy atom. The molecule has 0 saturated carbocycles. The zero-order chi connectivity index (χ0) is 23.4. The quantitative estimate of drug-likeness (QED) is 0.575. The number of amides is 1. The second-order valence-electron chi connectivity index (χ2n) is 8.04. The molecule has 1 aromatic heterocycles. The highest BCUT2D eigenvalue weighted by atomic mass is 32.2. The van der Waals surface area contributed by atoms with Crippen LogP contribution in [0.3, 0.4) is 0 Å². The van der Waals surface area contributed by atoms with Crippen LogP contribution in [0.1, 0.15) is 32.9 Å². The highest BCUT2D eigenvalue weighted by molar-refractivity contribution is 7.89. The number of rotatable bonds is 7. The zero-order valence-electron chi connectivity index (χ0n) is 18.8. The lowest BCUT2D eigenvalue weighted by atomic mass is 10.1. The van der Waals surface area contributed by atoms with Crippen molar-refractivity contribution in [3.05, 3.63) is 82.7 Å². The number of carbonyl (C=O) groups excluding carboxylic acids is 1. The van der Waals surface area contributed by atoms with Crippen LogP contribution in [0, 0.1) is 13.8 Å². The summed E-state index contributed by atoms with van der Waals surface area (Å²) in [6.45, 7) is 5.87. The van der Waals surface area contributed by atoms with Crippen LogP contribution in [0.2, 0.25) is 0 Å². The van der Waals surface area contributed by atoms with Crippen molar-refractivity contribution in [1.29, 1.82) is 0 Å². The Balaban J connectivity index is 1.45. The summed E-state index contributed by atoms with van der Waals surface area (Å²) in [6.07, 6.45) is 0. The summed E-state index contributed by atoms with van der Waals surface area (Å²) in [6, 6.07) is 17.0. The van der Waals surface area contributed by atoms with Gasteiger partial charge in [-0.25, -0.2) is 8.42 Å². The third-order valence-electron chi connectivity index (χ3n) is 5.73. The number of sulfonamides is 1. The van der Waals surface area contributed by atoms with Gasteiger partial charge in [0.05, 0.1) is 31.1 Å². The van der Waals surface area contributed by atoms with E-state index in [-0.39, 0.29) is 10.8 Å². The first-order valence-corrected chi connectivity index (χ1v) is 12.3. The van der Waals surface area contributed by atoms with Gasteiger partial charge in [-0.2, -0.15) is 9.40 Å². The monoisotopic (exact) mass is 468 g/mol. The number of hydrogen-bond donors (Lipinski definition) is 1. The van der Waals surface area contributed by atoms with Crippen LogP contribution >= 0.6 is 0 Å². The van der Waals surface area contributed by atoms with Crippen molar-refractivity contribution < 1.29 is 17.9 Å². The largest absolute Gasteiger partial charge is 0.379 e. The maximum absolute atomic E-state index is 13.2. The molecule has 1 saturated heterocycles. The first-order valence-electron chi connectivity index (χ1n) is 10.9. The van der Waals surface area contributed by atoms with Gasteiger partial charge in [0.2, 0.25) is 10.0 Å². The van der Waals surface area contributed by atoms with Crippen molar-refractivity contribution in [2.45, 2.75) is 31.8 Å². The van der Waals surface area contributed by atoms with E-state index in [9.17, 15) is 13.2 Å². The van der Waals surface area contributed by atoms with Crippen molar-refractivity contribution >= 4 is 15.9 Å². The van der Waals surface area contributed by atoms with Gasteiger partial charge >= 0.3 is 0 Å². The van der Waals surface area contributed by atoms with Crippen LogP contribution in [0.5, 0.6) is 0 Å². The molecular weight excluding hydrogens is 440 g/mol. The Labute approximate surface area is 194 Å². The molecule has 9 heteroatoms. The van der Waals surface area contributed by atoms with Crippen molar-refractivity contribution in [3.8, 4) is 0 Å². The van der Waals surface area contributed by atoms with Gasteiger partial charge in [0.25, 0.3) is 5.91 Å². The summed E-state index contributed by atoms with van der Waals surface area (Å²) < 4.78 is 34.7. The molecule has 1 N–H and O–H groups in total. The van der Waals surface area contributed by atoms with Gasteiger partial charge in [0.15, 0.2) is 0 Å². The van der Waals surface area contributed by atoms with Gasteiger partial charge in [-0.15, -0.1) is 0 Å². The lowest BCUT2D eigenvalue weighted by Gasteiger charge is -2.26. The van der Waals surface area contributed by atoms with Gasteiger partial charge in [-0.3, -0.25) is 9.48 Å². The van der Waals surface area contributed by atoms with E-state index in [2.05, 4.69) is 10.4 Å². The van der Waals surface area contributed by atoms with Gasteiger partial charge in [0, 0.05) is 25.2 Å². The van der Waals surface area contributed by atoms with Crippen molar-refractivity contribution in [2.24, 2.45) is 0 Å². The predicted octanol–water partition coefficient (Wildman–Crippen LogP) is 2.50. The maximum atomic E-state index is 13.2. The van der Waals surface area contributed by atoms with Gasteiger partial charge in [-0.05, 0) is 37.1 Å². The molecular formula is C24H28N4O4S. The Morgan fingerprint density at radius 3 is 2.33 bits per heavy atom. The summed E-state index contributed by atoms with van der Waals surface area (Å²) in [4.78, 5) is 12.7. The topological polar surface area (TPSA) is 93.5 Å². The number of aryl methyl sites for hydroxylation is 1. The average molecular weight is 469 g/mol. The first-order chi connectivity index (χ1) is 15.9. The normalized spacial score (nSPS) is 14.8. The second kappa shape index (κ2) is 9.86. The summed E-state index contributed by atoms with van der Waals surface area (Å²) >= 11 is 0. The Kier molecular flexibility index (Phi) is 6.92. The van der Waals surface area contributed by atoms with Gasteiger partial charge < -0.3 is 10.1 Å². The molecule has 8 nitrogen and oxygen atoms in total. The van der Waals surface area contributed by atoms with E-state index in [1.165, 1.54) is 4.31 Å². The van der Waals surface area contributed by atoms with Crippen LogP contribution < -0.4 is 5.32 Å². The number of nitrogens with one attached hydrogen (secondary N) is 1. The molecule has 4 rings (SSSR count). The standard InChI is InChI=1S/C24H28N4O4S/c1-18-23(33(30,31)27-12-14-32-15-13-27)19(2)28(26-18)17-21-8-10-22(11-9-21)24(29)25-16-20-6-4-3-5-7-20/h3-11H,12-17H2,1-2H3,(H,25,29). The predicted molar refractivity (Wildman–Crippen MR) is 124 cm³/mol.